The number of aryl methyl sites for hydroxylation is 1. The quantitative estimate of drug-likeness (QED) is 0.141. The SMILES string of the molecule is COc1nc(-c2cccc(-c3cccc(-c4ccc(CNC5CCC6(CNC(=O)C6)C5)c(OC)n4)c3Cl)c2Cl)ccc1CCC1CCC2(CNC(=O)C2)C1. The number of pyridine rings is 2. The normalized spacial score (nSPS) is 24.7. The van der Waals surface area contributed by atoms with Gasteiger partial charge in [0.2, 0.25) is 23.6 Å². The molecule has 4 fully saturated rings. The number of benzene rings is 2. The molecule has 2 aromatic heterocycles. The summed E-state index contributed by atoms with van der Waals surface area (Å²) in [6.07, 6.45) is 9.69. The lowest BCUT2D eigenvalue weighted by Crippen LogP contribution is -2.29. The number of carbonyl (C=O) groups excluding carboxylic acids is 2. The van der Waals surface area contributed by atoms with Crippen LogP contribution in [0.3, 0.4) is 0 Å². The fourth-order valence-electron chi connectivity index (χ4n) is 9.51. The Kier molecular flexibility index (Phi) is 10.3. The number of methoxy groups -OCH3 is 2. The van der Waals surface area contributed by atoms with E-state index in [0.717, 1.165) is 104 Å². The van der Waals surface area contributed by atoms with Crippen molar-refractivity contribution in [1.29, 1.82) is 0 Å². The first-order valence-electron chi connectivity index (χ1n) is 19.1. The van der Waals surface area contributed by atoms with Crippen molar-refractivity contribution >= 4 is 35.0 Å². The van der Waals surface area contributed by atoms with Gasteiger partial charge in [0.15, 0.2) is 0 Å². The number of halogens is 2. The van der Waals surface area contributed by atoms with Crippen molar-refractivity contribution in [2.75, 3.05) is 27.3 Å². The van der Waals surface area contributed by atoms with Gasteiger partial charge in [-0.25, -0.2) is 9.97 Å². The summed E-state index contributed by atoms with van der Waals surface area (Å²) in [4.78, 5) is 33.6. The first-order valence-corrected chi connectivity index (χ1v) is 19.9. The molecule has 4 aliphatic rings. The number of rotatable bonds is 11. The summed E-state index contributed by atoms with van der Waals surface area (Å²) >= 11 is 14.3. The van der Waals surface area contributed by atoms with Crippen molar-refractivity contribution in [3.63, 3.8) is 0 Å². The third kappa shape index (κ3) is 7.30. The molecule has 4 unspecified atom stereocenters. The maximum Gasteiger partial charge on any atom is 0.220 e. The highest BCUT2D eigenvalue weighted by atomic mass is 35.5. The zero-order chi connectivity index (χ0) is 37.5. The molecule has 2 aliphatic carbocycles. The molecule has 4 atom stereocenters. The van der Waals surface area contributed by atoms with Crippen LogP contribution < -0.4 is 25.4 Å². The maximum atomic E-state index is 11.9. The van der Waals surface area contributed by atoms with E-state index >= 15 is 0 Å². The molecule has 4 aromatic rings. The van der Waals surface area contributed by atoms with Gasteiger partial charge in [0.25, 0.3) is 0 Å². The van der Waals surface area contributed by atoms with Crippen LogP contribution in [0.25, 0.3) is 33.6 Å². The molecule has 4 heterocycles. The predicted molar refractivity (Wildman–Crippen MR) is 212 cm³/mol. The summed E-state index contributed by atoms with van der Waals surface area (Å²) in [5.74, 6) is 2.11. The summed E-state index contributed by atoms with van der Waals surface area (Å²) in [6, 6.07) is 20.3. The summed E-state index contributed by atoms with van der Waals surface area (Å²) in [7, 11) is 3.30. The fourth-order valence-corrected chi connectivity index (χ4v) is 10.2. The molecule has 2 saturated heterocycles. The average Bonchev–Trinajstić information content (AvgIpc) is 3.97. The van der Waals surface area contributed by atoms with Gasteiger partial charge in [-0.1, -0.05) is 71.7 Å². The van der Waals surface area contributed by atoms with Crippen LogP contribution in [0.4, 0.5) is 0 Å². The Hall–Kier alpha value is -4.18. The molecule has 2 amide bonds. The Balaban J connectivity index is 0.976. The van der Waals surface area contributed by atoms with E-state index in [1.165, 1.54) is 0 Å². The summed E-state index contributed by atoms with van der Waals surface area (Å²) in [6.45, 7) is 2.22. The van der Waals surface area contributed by atoms with Crippen LogP contribution in [0.15, 0.2) is 60.7 Å². The zero-order valence-corrected chi connectivity index (χ0v) is 32.4. The fraction of sp³-hybridized carbons (Fsp3) is 0.442. The summed E-state index contributed by atoms with van der Waals surface area (Å²) < 4.78 is 11.6. The van der Waals surface area contributed by atoms with E-state index in [4.69, 9.17) is 42.6 Å². The van der Waals surface area contributed by atoms with Crippen molar-refractivity contribution in [3.05, 3.63) is 81.8 Å². The molecular formula is C43H47Cl2N5O4. The Morgan fingerprint density at radius 2 is 1.26 bits per heavy atom. The summed E-state index contributed by atoms with van der Waals surface area (Å²) in [5, 5.41) is 10.8. The minimum absolute atomic E-state index is 0.0938. The predicted octanol–water partition coefficient (Wildman–Crippen LogP) is 8.19. The lowest BCUT2D eigenvalue weighted by Gasteiger charge is -2.21. The standard InChI is InChI=1S/C43H47Cl2N5O4/c1-53-40-27(10-9-26-15-17-42(19-26)21-36(51)47-24-42)11-13-34(49-40)32-7-3-5-30(38(32)44)31-6-4-8-33(39(31)45)35-14-12-28(41(50-35)54-2)23-46-29-16-18-43(20-29)22-37(52)48-25-43/h3-8,11-14,26,29,46H,9-10,15-25H2,1-2H3,(H,47,51)(H,48,52). The molecule has 9 nitrogen and oxygen atoms in total. The Morgan fingerprint density at radius 3 is 1.83 bits per heavy atom. The van der Waals surface area contributed by atoms with Crippen LogP contribution in [0.2, 0.25) is 10.0 Å². The number of nitrogens with one attached hydrogen (secondary N) is 3. The zero-order valence-electron chi connectivity index (χ0n) is 30.9. The molecular weight excluding hydrogens is 721 g/mol. The lowest BCUT2D eigenvalue weighted by molar-refractivity contribution is -0.120. The van der Waals surface area contributed by atoms with E-state index in [0.29, 0.717) is 58.8 Å². The van der Waals surface area contributed by atoms with Crippen molar-refractivity contribution < 1.29 is 19.1 Å². The molecule has 0 bridgehead atoms. The molecule has 0 radical (unpaired) electrons. The van der Waals surface area contributed by atoms with Gasteiger partial charge in [-0.15, -0.1) is 0 Å². The number of aromatic nitrogens is 2. The minimum atomic E-state index is 0.0938. The number of hydrogen-bond acceptors (Lipinski definition) is 7. The van der Waals surface area contributed by atoms with E-state index in [2.05, 4.69) is 22.0 Å². The van der Waals surface area contributed by atoms with Crippen LogP contribution in [0, 0.1) is 16.7 Å². The van der Waals surface area contributed by atoms with Gasteiger partial charge in [0.05, 0.1) is 35.7 Å². The molecule has 8 rings (SSSR count). The van der Waals surface area contributed by atoms with Crippen molar-refractivity contribution in [2.45, 2.75) is 76.8 Å². The van der Waals surface area contributed by atoms with E-state index in [1.54, 1.807) is 14.2 Å². The second-order valence-electron chi connectivity index (χ2n) is 15.9. The Bertz CT molecular complexity index is 1950. The van der Waals surface area contributed by atoms with Crippen molar-refractivity contribution in [1.82, 2.24) is 25.9 Å². The largest absolute Gasteiger partial charge is 0.481 e. The van der Waals surface area contributed by atoms with E-state index in [-0.39, 0.29) is 22.6 Å². The Labute approximate surface area is 326 Å². The van der Waals surface area contributed by atoms with Crippen LogP contribution in [-0.2, 0) is 22.6 Å². The van der Waals surface area contributed by atoms with Crippen LogP contribution in [0.5, 0.6) is 11.8 Å². The monoisotopic (exact) mass is 767 g/mol. The third-order valence-corrected chi connectivity index (χ3v) is 13.2. The van der Waals surface area contributed by atoms with Gasteiger partial charge in [-0.3, -0.25) is 9.59 Å². The number of ether oxygens (including phenoxy) is 2. The number of carbonyl (C=O) groups is 2. The molecule has 11 heteroatoms. The van der Waals surface area contributed by atoms with Gasteiger partial charge in [0.1, 0.15) is 0 Å². The highest BCUT2D eigenvalue weighted by molar-refractivity contribution is 6.39. The first-order chi connectivity index (χ1) is 26.2. The number of hydrogen-bond donors (Lipinski definition) is 3. The van der Waals surface area contributed by atoms with Gasteiger partial charge < -0.3 is 25.4 Å². The lowest BCUT2D eigenvalue weighted by atomic mass is 9.83. The average molecular weight is 769 g/mol. The van der Waals surface area contributed by atoms with Gasteiger partial charge in [0, 0.05) is 71.9 Å². The number of amides is 2. The van der Waals surface area contributed by atoms with Crippen molar-refractivity contribution in [3.8, 4) is 45.4 Å². The molecule has 2 spiro atoms. The number of nitrogens with zero attached hydrogens (tertiary/aromatic N) is 2. The van der Waals surface area contributed by atoms with Gasteiger partial charge in [-0.05, 0) is 80.2 Å². The van der Waals surface area contributed by atoms with Crippen LogP contribution in [-0.4, -0.2) is 55.1 Å². The second-order valence-corrected chi connectivity index (χ2v) is 16.7. The summed E-state index contributed by atoms with van der Waals surface area (Å²) in [5.41, 5.74) is 6.86. The molecule has 2 aliphatic heterocycles. The maximum absolute atomic E-state index is 11.9. The highest BCUT2D eigenvalue weighted by Crippen LogP contribution is 2.48. The first kappa shape index (κ1) is 36.8. The van der Waals surface area contributed by atoms with E-state index in [9.17, 15) is 9.59 Å². The van der Waals surface area contributed by atoms with Crippen LogP contribution in [0.1, 0.15) is 68.9 Å². The third-order valence-electron chi connectivity index (χ3n) is 12.4. The molecule has 2 aromatic carbocycles. The van der Waals surface area contributed by atoms with E-state index < -0.39 is 0 Å². The minimum Gasteiger partial charge on any atom is -0.481 e. The van der Waals surface area contributed by atoms with Gasteiger partial charge in [-0.2, -0.15) is 0 Å². The van der Waals surface area contributed by atoms with Crippen molar-refractivity contribution in [2.24, 2.45) is 16.7 Å². The highest BCUT2D eigenvalue weighted by Gasteiger charge is 2.45. The molecule has 282 valence electrons. The van der Waals surface area contributed by atoms with Crippen LogP contribution >= 0.6 is 23.2 Å². The Morgan fingerprint density at radius 1 is 0.722 bits per heavy atom. The molecule has 2 saturated carbocycles. The topological polar surface area (TPSA) is 114 Å². The second kappa shape index (κ2) is 15.2. The van der Waals surface area contributed by atoms with Gasteiger partial charge >= 0.3 is 0 Å². The molecule has 3 N–H and O–H groups in total. The smallest absolute Gasteiger partial charge is 0.220 e. The van der Waals surface area contributed by atoms with E-state index in [1.807, 2.05) is 54.6 Å². The molecule has 54 heavy (non-hydrogen) atoms.